The third-order valence-electron chi connectivity index (χ3n) is 5.21. The van der Waals surface area contributed by atoms with Gasteiger partial charge in [-0.1, -0.05) is 16.8 Å². The molecule has 0 radical (unpaired) electrons. The van der Waals surface area contributed by atoms with Crippen molar-refractivity contribution in [2.24, 2.45) is 5.10 Å². The molecule has 3 heterocycles. The van der Waals surface area contributed by atoms with Crippen molar-refractivity contribution in [2.45, 2.75) is 6.61 Å². The molecule has 12 heteroatoms. The Balaban J connectivity index is 1.25. The molecule has 5 aromatic rings. The van der Waals surface area contributed by atoms with Crippen molar-refractivity contribution in [3.8, 4) is 17.2 Å². The highest BCUT2D eigenvalue weighted by molar-refractivity contribution is 6.31. The van der Waals surface area contributed by atoms with Crippen molar-refractivity contribution in [1.82, 2.24) is 35.4 Å². The van der Waals surface area contributed by atoms with Gasteiger partial charge in [0.15, 0.2) is 11.5 Å². The number of benzene rings is 2. The minimum absolute atomic E-state index is 0.166. The number of hydrazone groups is 1. The van der Waals surface area contributed by atoms with E-state index in [4.69, 9.17) is 21.1 Å². The Morgan fingerprint density at radius 2 is 2.03 bits per heavy atom. The zero-order chi connectivity index (χ0) is 25.6. The average molecular weight is 515 g/mol. The van der Waals surface area contributed by atoms with Crippen LogP contribution in [-0.4, -0.2) is 49.2 Å². The second kappa shape index (κ2) is 10.8. The normalized spacial score (nSPS) is 11.1. The summed E-state index contributed by atoms with van der Waals surface area (Å²) in [6, 6.07) is 12.6. The summed E-state index contributed by atoms with van der Waals surface area (Å²) < 4.78 is 13.0. The van der Waals surface area contributed by atoms with E-state index in [0.717, 1.165) is 16.6 Å². The third kappa shape index (κ3) is 5.52. The lowest BCUT2D eigenvalue weighted by Gasteiger charge is -2.10. The van der Waals surface area contributed by atoms with Crippen LogP contribution in [0, 0.1) is 0 Å². The summed E-state index contributed by atoms with van der Waals surface area (Å²) in [5, 5.41) is 13.9. The van der Waals surface area contributed by atoms with Crippen molar-refractivity contribution in [3.05, 3.63) is 95.4 Å². The molecule has 2 aromatic carbocycles. The first kappa shape index (κ1) is 23.8. The van der Waals surface area contributed by atoms with E-state index in [1.54, 1.807) is 41.3 Å². The summed E-state index contributed by atoms with van der Waals surface area (Å²) in [5.74, 6) is 0.545. The molecule has 0 aliphatic carbocycles. The highest BCUT2D eigenvalue weighted by Crippen LogP contribution is 2.28. The smallest absolute Gasteiger partial charge is 0.291 e. The number of hydrogen-bond acceptors (Lipinski definition) is 9. The quantitative estimate of drug-likeness (QED) is 0.245. The van der Waals surface area contributed by atoms with Crippen molar-refractivity contribution in [1.29, 1.82) is 0 Å². The predicted octanol–water partition coefficient (Wildman–Crippen LogP) is 3.61. The lowest BCUT2D eigenvalue weighted by molar-refractivity contribution is 0.0949. The molecule has 0 fully saturated rings. The van der Waals surface area contributed by atoms with Crippen LogP contribution in [0.1, 0.15) is 21.7 Å². The van der Waals surface area contributed by atoms with Gasteiger partial charge in [-0.2, -0.15) is 5.10 Å². The molecule has 0 aliphatic heterocycles. The first-order valence-electron chi connectivity index (χ1n) is 11.0. The minimum atomic E-state index is -0.465. The predicted molar refractivity (Wildman–Crippen MR) is 136 cm³/mol. The minimum Gasteiger partial charge on any atom is -0.493 e. The van der Waals surface area contributed by atoms with Gasteiger partial charge in [0, 0.05) is 29.0 Å². The van der Waals surface area contributed by atoms with Crippen LogP contribution in [0.15, 0.2) is 78.6 Å². The summed E-state index contributed by atoms with van der Waals surface area (Å²) in [6.45, 7) is 0.173. The summed E-state index contributed by atoms with van der Waals surface area (Å²) >= 11 is 6.09. The van der Waals surface area contributed by atoms with Crippen LogP contribution in [0.2, 0.25) is 5.02 Å². The van der Waals surface area contributed by atoms with E-state index in [1.165, 1.54) is 31.9 Å². The van der Waals surface area contributed by atoms with Gasteiger partial charge in [0.2, 0.25) is 0 Å². The third-order valence-corrected chi connectivity index (χ3v) is 5.44. The average Bonchev–Trinajstić information content (AvgIpc) is 3.41. The van der Waals surface area contributed by atoms with E-state index < -0.39 is 5.91 Å². The molecule has 37 heavy (non-hydrogen) atoms. The Bertz CT molecular complexity index is 1590. The first-order valence-corrected chi connectivity index (χ1v) is 11.3. The number of fused-ring (bicyclic) bond motifs is 1. The van der Waals surface area contributed by atoms with Gasteiger partial charge in [-0.3, -0.25) is 14.8 Å². The van der Waals surface area contributed by atoms with Crippen molar-refractivity contribution < 1.29 is 14.3 Å². The number of rotatable bonds is 8. The van der Waals surface area contributed by atoms with E-state index >= 15 is 0 Å². The fourth-order valence-corrected chi connectivity index (χ4v) is 3.63. The first-order chi connectivity index (χ1) is 18.1. The fraction of sp³-hybridized carbons (Fsp3) is 0.0800. The lowest BCUT2D eigenvalue weighted by atomic mass is 10.2. The molecule has 5 rings (SSSR count). The van der Waals surface area contributed by atoms with Gasteiger partial charge in [0.1, 0.15) is 18.0 Å². The Labute approximate surface area is 215 Å². The van der Waals surface area contributed by atoms with Gasteiger partial charge in [-0.25, -0.2) is 15.1 Å². The van der Waals surface area contributed by atoms with E-state index in [9.17, 15) is 4.79 Å². The number of methoxy groups -OCH3 is 1. The molecule has 184 valence electrons. The van der Waals surface area contributed by atoms with E-state index in [0.29, 0.717) is 27.8 Å². The molecule has 0 spiro atoms. The summed E-state index contributed by atoms with van der Waals surface area (Å²) in [7, 11) is 1.54. The molecular formula is C25H19ClN8O3. The molecule has 11 nitrogen and oxygen atoms in total. The molecule has 0 unspecified atom stereocenters. The SMILES string of the molecule is COc1cc(/C=N/NC(=O)c2cnccn2)ccc1OCc1cn(-c2ccnc3cc(Cl)ccc23)nn1. The molecule has 0 bridgehead atoms. The van der Waals surface area contributed by atoms with Gasteiger partial charge >= 0.3 is 0 Å². The maximum atomic E-state index is 12.0. The lowest BCUT2D eigenvalue weighted by Crippen LogP contribution is -2.19. The number of nitrogens with one attached hydrogen (secondary N) is 1. The van der Waals surface area contributed by atoms with Gasteiger partial charge in [0.25, 0.3) is 5.91 Å². The van der Waals surface area contributed by atoms with E-state index in [-0.39, 0.29) is 12.3 Å². The Morgan fingerprint density at radius 1 is 1.11 bits per heavy atom. The van der Waals surface area contributed by atoms with Gasteiger partial charge in [-0.05, 0) is 48.0 Å². The molecule has 0 saturated carbocycles. The Morgan fingerprint density at radius 3 is 2.86 bits per heavy atom. The molecule has 3 aromatic heterocycles. The molecule has 0 aliphatic rings. The van der Waals surface area contributed by atoms with E-state index in [2.05, 4.69) is 35.8 Å². The van der Waals surface area contributed by atoms with Crippen LogP contribution in [0.4, 0.5) is 0 Å². The van der Waals surface area contributed by atoms with Crippen molar-refractivity contribution in [2.75, 3.05) is 7.11 Å². The topological polar surface area (TPSA) is 129 Å². The highest BCUT2D eigenvalue weighted by atomic mass is 35.5. The van der Waals surface area contributed by atoms with Crippen LogP contribution < -0.4 is 14.9 Å². The second-order valence-corrected chi connectivity index (χ2v) is 8.07. The molecule has 1 amide bonds. The second-order valence-electron chi connectivity index (χ2n) is 7.63. The zero-order valence-electron chi connectivity index (χ0n) is 19.4. The molecule has 0 atom stereocenters. The maximum absolute atomic E-state index is 12.0. The number of carbonyl (C=O) groups is 1. The van der Waals surface area contributed by atoms with Crippen LogP contribution in [0.3, 0.4) is 0 Å². The monoisotopic (exact) mass is 514 g/mol. The number of nitrogens with zero attached hydrogens (tertiary/aromatic N) is 7. The van der Waals surface area contributed by atoms with Gasteiger partial charge < -0.3 is 9.47 Å². The standard InChI is InChI=1S/C25H19ClN8O3/c1-36-24-10-16(12-30-32-25(35)21-13-27-8-9-29-21)2-5-23(24)37-15-18-14-34(33-31-18)22-6-7-28-20-11-17(26)3-4-19(20)22/h2-14H,15H2,1H3,(H,32,35)/b30-12+. The van der Waals surface area contributed by atoms with Crippen LogP contribution in [0.5, 0.6) is 11.5 Å². The maximum Gasteiger partial charge on any atom is 0.291 e. The molecular weight excluding hydrogens is 496 g/mol. The number of carbonyl (C=O) groups excluding carboxylic acids is 1. The summed E-state index contributed by atoms with van der Waals surface area (Å²) in [6.07, 6.45) is 9.24. The highest BCUT2D eigenvalue weighted by Gasteiger charge is 2.11. The zero-order valence-corrected chi connectivity index (χ0v) is 20.2. The summed E-state index contributed by atoms with van der Waals surface area (Å²) in [5.41, 5.74) is 5.48. The fourth-order valence-electron chi connectivity index (χ4n) is 3.46. The number of pyridine rings is 1. The number of hydrogen-bond donors (Lipinski definition) is 1. The van der Waals surface area contributed by atoms with E-state index in [1.807, 2.05) is 18.2 Å². The Kier molecular flexibility index (Phi) is 6.95. The summed E-state index contributed by atoms with van der Waals surface area (Å²) in [4.78, 5) is 24.1. The van der Waals surface area contributed by atoms with Crippen molar-refractivity contribution >= 4 is 34.6 Å². The van der Waals surface area contributed by atoms with Gasteiger partial charge in [0.05, 0.1) is 36.9 Å². The van der Waals surface area contributed by atoms with Crippen molar-refractivity contribution in [3.63, 3.8) is 0 Å². The molecule has 0 saturated heterocycles. The van der Waals surface area contributed by atoms with Gasteiger partial charge in [-0.15, -0.1) is 5.10 Å². The number of ether oxygens (including phenoxy) is 2. The van der Waals surface area contributed by atoms with Crippen LogP contribution in [0.25, 0.3) is 16.6 Å². The number of aromatic nitrogens is 6. The Hall–Kier alpha value is -4.90. The largest absolute Gasteiger partial charge is 0.493 e. The van der Waals surface area contributed by atoms with Crippen LogP contribution >= 0.6 is 11.6 Å². The number of halogens is 1. The number of amides is 1. The van der Waals surface area contributed by atoms with Crippen LogP contribution in [-0.2, 0) is 6.61 Å². The molecule has 1 N–H and O–H groups in total.